The highest BCUT2D eigenvalue weighted by atomic mass is 32.2. The standard InChI is InChI=1S/C21H32N4O2S/c1-16-7-8-19(15-17(16)2)28(26,27)25-13-9-21(10-14-25)20(22-11-12-23-21)24-18-5-3-4-6-18/h7-8,15,18,23H,3-6,9-14H2,1-2H3,(H,22,24). The molecule has 154 valence electrons. The Balaban J connectivity index is 1.48. The van der Waals surface area contributed by atoms with Crippen LogP contribution in [0, 0.1) is 13.8 Å². The Kier molecular flexibility index (Phi) is 5.51. The van der Waals surface area contributed by atoms with E-state index < -0.39 is 10.0 Å². The molecule has 1 aliphatic carbocycles. The number of aliphatic imine (C=N–C) groups is 1. The zero-order valence-electron chi connectivity index (χ0n) is 17.0. The van der Waals surface area contributed by atoms with Crippen molar-refractivity contribution in [1.82, 2.24) is 14.9 Å². The fraction of sp³-hybridized carbons (Fsp3) is 0.667. The fourth-order valence-corrected chi connectivity index (χ4v) is 6.22. The van der Waals surface area contributed by atoms with Crippen molar-refractivity contribution in [2.75, 3.05) is 26.2 Å². The number of aryl methyl sites for hydroxylation is 2. The normalized spacial score (nSPS) is 23.7. The van der Waals surface area contributed by atoms with E-state index in [1.54, 1.807) is 16.4 Å². The monoisotopic (exact) mass is 404 g/mol. The topological polar surface area (TPSA) is 73.8 Å². The Labute approximate surface area is 168 Å². The van der Waals surface area contributed by atoms with Crippen molar-refractivity contribution in [3.05, 3.63) is 29.3 Å². The first-order valence-corrected chi connectivity index (χ1v) is 12.0. The molecule has 28 heavy (non-hydrogen) atoms. The average molecular weight is 405 g/mol. The molecule has 0 bridgehead atoms. The summed E-state index contributed by atoms with van der Waals surface area (Å²) in [5.41, 5.74) is 1.93. The van der Waals surface area contributed by atoms with Gasteiger partial charge in [0.1, 0.15) is 5.84 Å². The molecule has 0 atom stereocenters. The third-order valence-corrected chi connectivity index (χ3v) is 8.58. The third-order valence-electron chi connectivity index (χ3n) is 6.69. The van der Waals surface area contributed by atoms with Crippen molar-refractivity contribution in [3.63, 3.8) is 0 Å². The van der Waals surface area contributed by atoms with Crippen molar-refractivity contribution in [2.24, 2.45) is 4.99 Å². The Morgan fingerprint density at radius 2 is 1.86 bits per heavy atom. The van der Waals surface area contributed by atoms with Gasteiger partial charge in [0.05, 0.1) is 17.0 Å². The minimum absolute atomic E-state index is 0.198. The molecule has 3 aliphatic rings. The fourth-order valence-electron chi connectivity index (χ4n) is 4.69. The largest absolute Gasteiger partial charge is 0.370 e. The number of hydrogen-bond acceptors (Lipinski definition) is 5. The van der Waals surface area contributed by atoms with Gasteiger partial charge in [-0.15, -0.1) is 0 Å². The molecule has 6 nitrogen and oxygen atoms in total. The van der Waals surface area contributed by atoms with Crippen LogP contribution in [-0.2, 0) is 10.0 Å². The second kappa shape index (κ2) is 7.76. The van der Waals surface area contributed by atoms with Crippen LogP contribution in [0.15, 0.2) is 28.1 Å². The highest BCUT2D eigenvalue weighted by Crippen LogP contribution is 2.30. The molecule has 0 aromatic heterocycles. The van der Waals surface area contributed by atoms with Crippen molar-refractivity contribution < 1.29 is 8.42 Å². The van der Waals surface area contributed by atoms with Crippen LogP contribution in [0.5, 0.6) is 0 Å². The molecular formula is C21H32N4O2S. The van der Waals surface area contributed by atoms with Crippen LogP contribution in [0.4, 0.5) is 0 Å². The van der Waals surface area contributed by atoms with Gasteiger partial charge in [-0.25, -0.2) is 8.42 Å². The maximum atomic E-state index is 13.1. The maximum Gasteiger partial charge on any atom is 0.243 e. The molecular weight excluding hydrogens is 372 g/mol. The summed E-state index contributed by atoms with van der Waals surface area (Å²) in [4.78, 5) is 5.22. The van der Waals surface area contributed by atoms with Gasteiger partial charge >= 0.3 is 0 Å². The van der Waals surface area contributed by atoms with Gasteiger partial charge in [-0.05, 0) is 62.8 Å². The van der Waals surface area contributed by atoms with Gasteiger partial charge in [-0.2, -0.15) is 4.31 Å². The first-order valence-electron chi connectivity index (χ1n) is 10.5. The number of nitrogens with one attached hydrogen (secondary N) is 2. The third kappa shape index (κ3) is 3.72. The SMILES string of the molecule is Cc1ccc(S(=O)(=O)N2CCC3(CC2)NCCN=C3NC2CCCC2)cc1C. The van der Waals surface area contributed by atoms with Crippen LogP contribution in [0.2, 0.25) is 0 Å². The Bertz CT molecular complexity index is 851. The molecule has 1 saturated carbocycles. The Morgan fingerprint density at radius 3 is 2.54 bits per heavy atom. The van der Waals surface area contributed by atoms with Crippen LogP contribution in [0.1, 0.15) is 49.7 Å². The van der Waals surface area contributed by atoms with E-state index in [1.165, 1.54) is 25.7 Å². The Hall–Kier alpha value is -1.44. The summed E-state index contributed by atoms with van der Waals surface area (Å²) in [7, 11) is -3.45. The number of sulfonamides is 1. The molecule has 0 radical (unpaired) electrons. The molecule has 1 spiro atoms. The quantitative estimate of drug-likeness (QED) is 0.811. The number of benzene rings is 1. The molecule has 0 unspecified atom stereocenters. The van der Waals surface area contributed by atoms with Gasteiger partial charge < -0.3 is 10.6 Å². The highest BCUT2D eigenvalue weighted by Gasteiger charge is 2.43. The number of hydrogen-bond donors (Lipinski definition) is 2. The molecule has 0 amide bonds. The van der Waals surface area contributed by atoms with Crippen molar-refractivity contribution >= 4 is 15.9 Å². The van der Waals surface area contributed by atoms with Crippen molar-refractivity contribution in [2.45, 2.75) is 68.8 Å². The predicted molar refractivity (Wildman–Crippen MR) is 112 cm³/mol. The minimum atomic E-state index is -3.45. The summed E-state index contributed by atoms with van der Waals surface area (Å²) in [5, 5.41) is 7.37. The lowest BCUT2D eigenvalue weighted by atomic mass is 9.85. The van der Waals surface area contributed by atoms with E-state index in [1.807, 2.05) is 19.9 Å². The summed E-state index contributed by atoms with van der Waals surface area (Å²) >= 11 is 0. The first-order chi connectivity index (χ1) is 13.4. The summed E-state index contributed by atoms with van der Waals surface area (Å²) in [6, 6.07) is 5.94. The van der Waals surface area contributed by atoms with Gasteiger partial charge in [0.2, 0.25) is 10.0 Å². The molecule has 2 heterocycles. The predicted octanol–water partition coefficient (Wildman–Crippen LogP) is 2.36. The lowest BCUT2D eigenvalue weighted by Crippen LogP contribution is -2.65. The van der Waals surface area contributed by atoms with Crippen LogP contribution < -0.4 is 10.6 Å². The molecule has 2 fully saturated rings. The minimum Gasteiger partial charge on any atom is -0.370 e. The second-order valence-electron chi connectivity index (χ2n) is 8.52. The molecule has 2 N–H and O–H groups in total. The smallest absolute Gasteiger partial charge is 0.243 e. The number of amidine groups is 1. The zero-order chi connectivity index (χ0) is 19.8. The molecule has 7 heteroatoms. The molecule has 1 aromatic carbocycles. The zero-order valence-corrected chi connectivity index (χ0v) is 17.8. The first kappa shape index (κ1) is 19.9. The van der Waals surface area contributed by atoms with E-state index in [0.717, 1.165) is 42.9 Å². The summed E-state index contributed by atoms with van der Waals surface area (Å²) in [5.74, 6) is 1.06. The van der Waals surface area contributed by atoms with E-state index in [4.69, 9.17) is 4.99 Å². The van der Waals surface area contributed by atoms with E-state index in [9.17, 15) is 8.42 Å². The molecule has 1 saturated heterocycles. The molecule has 1 aromatic rings. The molecule has 2 aliphatic heterocycles. The molecule has 4 rings (SSSR count). The highest BCUT2D eigenvalue weighted by molar-refractivity contribution is 7.89. The van der Waals surface area contributed by atoms with Gasteiger partial charge in [0.15, 0.2) is 0 Å². The van der Waals surface area contributed by atoms with E-state index in [0.29, 0.717) is 24.0 Å². The van der Waals surface area contributed by atoms with Crippen molar-refractivity contribution in [1.29, 1.82) is 0 Å². The number of nitrogens with zero attached hydrogens (tertiary/aromatic N) is 2. The summed E-state index contributed by atoms with van der Waals surface area (Å²) in [6.45, 7) is 6.66. The van der Waals surface area contributed by atoms with Crippen LogP contribution in [0.3, 0.4) is 0 Å². The van der Waals surface area contributed by atoms with E-state index >= 15 is 0 Å². The maximum absolute atomic E-state index is 13.1. The average Bonchev–Trinajstić information content (AvgIpc) is 3.19. The van der Waals surface area contributed by atoms with Gasteiger partial charge in [-0.3, -0.25) is 4.99 Å². The Morgan fingerprint density at radius 1 is 1.14 bits per heavy atom. The van der Waals surface area contributed by atoms with E-state index in [2.05, 4.69) is 10.6 Å². The number of rotatable bonds is 3. The van der Waals surface area contributed by atoms with Crippen molar-refractivity contribution in [3.8, 4) is 0 Å². The van der Waals surface area contributed by atoms with Gasteiger partial charge in [0, 0.05) is 25.7 Å². The van der Waals surface area contributed by atoms with Crippen LogP contribution in [0.25, 0.3) is 0 Å². The van der Waals surface area contributed by atoms with Gasteiger partial charge in [-0.1, -0.05) is 18.9 Å². The lowest BCUT2D eigenvalue weighted by molar-refractivity contribution is 0.240. The summed E-state index contributed by atoms with van der Waals surface area (Å²) in [6.07, 6.45) is 6.51. The van der Waals surface area contributed by atoms with Crippen LogP contribution in [-0.4, -0.2) is 56.3 Å². The van der Waals surface area contributed by atoms with E-state index in [-0.39, 0.29) is 5.54 Å². The van der Waals surface area contributed by atoms with Gasteiger partial charge in [0.25, 0.3) is 0 Å². The summed E-state index contributed by atoms with van der Waals surface area (Å²) < 4.78 is 27.9. The van der Waals surface area contributed by atoms with Crippen LogP contribution >= 0.6 is 0 Å². The number of piperidine rings is 1. The lowest BCUT2D eigenvalue weighted by Gasteiger charge is -2.45. The second-order valence-corrected chi connectivity index (χ2v) is 10.5.